The van der Waals surface area contributed by atoms with Crippen molar-refractivity contribution in [1.29, 1.82) is 0 Å². The molecule has 0 atom stereocenters. The van der Waals surface area contributed by atoms with Gasteiger partial charge in [0.1, 0.15) is 12.4 Å². The van der Waals surface area contributed by atoms with Crippen LogP contribution in [0.2, 0.25) is 0 Å². The molecule has 1 aromatic carbocycles. The van der Waals surface area contributed by atoms with E-state index < -0.39 is 6.09 Å². The minimum absolute atomic E-state index is 0.290. The Morgan fingerprint density at radius 3 is 2.91 bits per heavy atom. The maximum atomic E-state index is 12.2. The number of nitrogens with one attached hydrogen (secondary N) is 1. The maximum Gasteiger partial charge on any atom is 0.405 e. The molecule has 0 spiro atoms. The number of amides is 2. The number of benzene rings is 1. The quantitative estimate of drug-likeness (QED) is 0.731. The van der Waals surface area contributed by atoms with Crippen molar-refractivity contribution >= 4 is 29.2 Å². The van der Waals surface area contributed by atoms with E-state index in [4.69, 9.17) is 10.8 Å². The largest absolute Gasteiger partial charge is 0.465 e. The number of hydrogen-bond donors (Lipinski definition) is 3. The van der Waals surface area contributed by atoms with Crippen LogP contribution in [-0.2, 0) is 4.79 Å². The lowest BCUT2D eigenvalue weighted by Crippen LogP contribution is -2.42. The summed E-state index contributed by atoms with van der Waals surface area (Å²) in [7, 11) is 0. The molecule has 0 radical (unpaired) electrons. The van der Waals surface area contributed by atoms with Gasteiger partial charge >= 0.3 is 6.09 Å². The molecule has 0 saturated heterocycles. The highest BCUT2D eigenvalue weighted by atomic mass is 16.4. The highest BCUT2D eigenvalue weighted by molar-refractivity contribution is 5.97. The topological polar surface area (TPSA) is 113 Å². The van der Waals surface area contributed by atoms with Crippen LogP contribution in [0.4, 0.5) is 16.3 Å². The molecule has 0 fully saturated rings. The lowest BCUT2D eigenvalue weighted by Gasteiger charge is -2.27. The van der Waals surface area contributed by atoms with Gasteiger partial charge in [-0.3, -0.25) is 9.69 Å². The first-order valence-corrected chi connectivity index (χ1v) is 6.94. The van der Waals surface area contributed by atoms with Gasteiger partial charge in [-0.1, -0.05) is 12.1 Å². The Bertz CT molecular complexity index is 796. The Balaban J connectivity index is 1.89. The fraction of sp³-hybridized carbons (Fsp3) is 0.133. The van der Waals surface area contributed by atoms with Crippen molar-refractivity contribution in [3.63, 3.8) is 0 Å². The van der Waals surface area contributed by atoms with E-state index in [-0.39, 0.29) is 12.5 Å². The summed E-state index contributed by atoms with van der Waals surface area (Å²) in [5.41, 5.74) is 8.18. The number of carbonyl (C=O) groups is 2. The molecule has 1 aliphatic rings. The zero-order valence-electron chi connectivity index (χ0n) is 12.1. The molecule has 0 bridgehead atoms. The van der Waals surface area contributed by atoms with E-state index in [1.165, 1.54) is 4.90 Å². The summed E-state index contributed by atoms with van der Waals surface area (Å²) in [6, 6.07) is 9.10. The molecule has 23 heavy (non-hydrogen) atoms. The fourth-order valence-corrected chi connectivity index (χ4v) is 2.46. The minimum atomic E-state index is -1.24. The molecular formula is C15H15N5O3. The predicted octanol–water partition coefficient (Wildman–Crippen LogP) is 0.969. The van der Waals surface area contributed by atoms with E-state index in [1.54, 1.807) is 23.0 Å². The number of aromatic nitrogens is 2. The van der Waals surface area contributed by atoms with Crippen LogP contribution < -0.4 is 16.0 Å². The van der Waals surface area contributed by atoms with E-state index in [1.807, 2.05) is 24.3 Å². The summed E-state index contributed by atoms with van der Waals surface area (Å²) in [6.45, 7) is 0.0396. The number of rotatable bonds is 3. The van der Waals surface area contributed by atoms with Crippen molar-refractivity contribution in [3.05, 3.63) is 48.2 Å². The van der Waals surface area contributed by atoms with Crippen LogP contribution in [0.5, 0.6) is 0 Å². The summed E-state index contributed by atoms with van der Waals surface area (Å²) < 4.78 is 1.64. The van der Waals surface area contributed by atoms with Crippen molar-refractivity contribution in [2.75, 3.05) is 23.7 Å². The third kappa shape index (κ3) is 2.86. The Morgan fingerprint density at radius 2 is 2.17 bits per heavy atom. The zero-order valence-corrected chi connectivity index (χ0v) is 12.1. The summed E-state index contributed by atoms with van der Waals surface area (Å²) in [6.07, 6.45) is 2.21. The second-order valence-electron chi connectivity index (χ2n) is 4.98. The number of carboxylic acid groups (broad SMARTS) is 1. The third-order valence-corrected chi connectivity index (χ3v) is 3.47. The Morgan fingerprint density at radius 1 is 1.35 bits per heavy atom. The third-order valence-electron chi connectivity index (χ3n) is 3.47. The average molecular weight is 313 g/mol. The Labute approximate surface area is 131 Å². The van der Waals surface area contributed by atoms with Crippen molar-refractivity contribution < 1.29 is 14.7 Å². The van der Waals surface area contributed by atoms with Crippen LogP contribution in [0.15, 0.2) is 42.6 Å². The van der Waals surface area contributed by atoms with Crippen molar-refractivity contribution in [2.45, 2.75) is 0 Å². The van der Waals surface area contributed by atoms with Crippen molar-refractivity contribution in [2.24, 2.45) is 0 Å². The number of nitrogens with two attached hydrogens (primary N) is 1. The number of carbonyl (C=O) groups excluding carboxylic acids is 1. The molecule has 1 aliphatic heterocycles. The molecule has 118 valence electrons. The normalized spacial score (nSPS) is 13.2. The number of nitrogen functional groups attached to an aromatic ring is 1. The van der Waals surface area contributed by atoms with E-state index in [0.29, 0.717) is 18.1 Å². The Kier molecular flexibility index (Phi) is 3.71. The van der Waals surface area contributed by atoms with Crippen LogP contribution in [0.25, 0.3) is 5.70 Å². The molecule has 2 amide bonds. The first kappa shape index (κ1) is 14.6. The molecular weight excluding hydrogens is 298 g/mol. The highest BCUT2D eigenvalue weighted by Gasteiger charge is 2.25. The summed E-state index contributed by atoms with van der Waals surface area (Å²) in [5, 5.41) is 14.9. The Hall–Kier alpha value is -3.29. The molecule has 2 aromatic rings. The molecule has 8 heteroatoms. The summed E-state index contributed by atoms with van der Waals surface area (Å²) in [5.74, 6) is 0.235. The summed E-state index contributed by atoms with van der Waals surface area (Å²) >= 11 is 0. The standard InChI is InChI=1S/C15H15N5O3/c16-11-3-1-2-10(8-11)12-5-7-19(13-4-6-18-20(12)13)14(21)9-17-15(22)23/h1-6,8,17H,7,9,16H2,(H,22,23). The van der Waals surface area contributed by atoms with Crippen molar-refractivity contribution in [3.8, 4) is 0 Å². The van der Waals surface area contributed by atoms with E-state index in [0.717, 1.165) is 11.3 Å². The van der Waals surface area contributed by atoms with Crippen molar-refractivity contribution in [1.82, 2.24) is 15.1 Å². The second-order valence-corrected chi connectivity index (χ2v) is 4.98. The fourth-order valence-electron chi connectivity index (χ4n) is 2.46. The SMILES string of the molecule is Nc1cccc(C2=CCN(C(=O)CNC(=O)O)c3ccnn32)c1. The van der Waals surface area contributed by atoms with Crippen LogP contribution >= 0.6 is 0 Å². The van der Waals surface area contributed by atoms with Gasteiger partial charge in [-0.15, -0.1) is 0 Å². The maximum absolute atomic E-state index is 12.2. The van der Waals surface area contributed by atoms with E-state index >= 15 is 0 Å². The van der Waals surface area contributed by atoms with E-state index in [9.17, 15) is 9.59 Å². The number of anilines is 2. The van der Waals surface area contributed by atoms with Gasteiger partial charge in [-0.2, -0.15) is 5.10 Å². The van der Waals surface area contributed by atoms with Crippen LogP contribution in [0.1, 0.15) is 5.56 Å². The monoisotopic (exact) mass is 313 g/mol. The molecule has 0 aliphatic carbocycles. The number of hydrogen-bond acceptors (Lipinski definition) is 4. The van der Waals surface area contributed by atoms with Gasteiger partial charge < -0.3 is 16.2 Å². The lowest BCUT2D eigenvalue weighted by molar-refractivity contribution is -0.117. The molecule has 2 heterocycles. The van der Waals surface area contributed by atoms with Gasteiger partial charge in [0.15, 0.2) is 0 Å². The van der Waals surface area contributed by atoms with Gasteiger partial charge in [0.05, 0.1) is 11.9 Å². The first-order valence-electron chi connectivity index (χ1n) is 6.94. The van der Waals surface area contributed by atoms with Crippen LogP contribution in [0.3, 0.4) is 0 Å². The molecule has 4 N–H and O–H groups in total. The average Bonchev–Trinajstić information content (AvgIpc) is 3.01. The highest BCUT2D eigenvalue weighted by Crippen LogP contribution is 2.28. The predicted molar refractivity (Wildman–Crippen MR) is 84.8 cm³/mol. The zero-order chi connectivity index (χ0) is 16.4. The van der Waals surface area contributed by atoms with Gasteiger partial charge in [0.2, 0.25) is 5.91 Å². The van der Waals surface area contributed by atoms with Gasteiger partial charge in [0, 0.05) is 23.9 Å². The number of fused-ring (bicyclic) bond motifs is 1. The first-order chi connectivity index (χ1) is 11.1. The number of nitrogens with zero attached hydrogens (tertiary/aromatic N) is 3. The second kappa shape index (κ2) is 5.84. The van der Waals surface area contributed by atoms with Crippen LogP contribution in [-0.4, -0.2) is 40.0 Å². The van der Waals surface area contributed by atoms with Gasteiger partial charge in [-0.05, 0) is 18.2 Å². The molecule has 0 unspecified atom stereocenters. The lowest BCUT2D eigenvalue weighted by atomic mass is 10.1. The van der Waals surface area contributed by atoms with Gasteiger partial charge in [0.25, 0.3) is 0 Å². The van der Waals surface area contributed by atoms with Crippen LogP contribution in [0, 0.1) is 0 Å². The molecule has 1 aromatic heterocycles. The van der Waals surface area contributed by atoms with Gasteiger partial charge in [-0.25, -0.2) is 9.48 Å². The molecule has 3 rings (SSSR count). The minimum Gasteiger partial charge on any atom is -0.465 e. The molecule has 0 saturated carbocycles. The van der Waals surface area contributed by atoms with E-state index in [2.05, 4.69) is 10.4 Å². The summed E-state index contributed by atoms with van der Waals surface area (Å²) in [4.78, 5) is 24.2. The smallest absolute Gasteiger partial charge is 0.405 e. The molecule has 8 nitrogen and oxygen atoms in total.